The molecule has 0 aliphatic heterocycles. The summed E-state index contributed by atoms with van der Waals surface area (Å²) in [5, 5.41) is 41.1. The van der Waals surface area contributed by atoms with Crippen molar-refractivity contribution in [2.24, 2.45) is 20.5 Å². The van der Waals surface area contributed by atoms with E-state index in [0.717, 1.165) is 22.2 Å². The standard InChI is InChI=1S/2C17H14N2O4S.Ba/c2*1-11-6-8-13(10-16(11)24(21,22)23)18-19-17-14-5-3-2-4-12(14)7-9-15(17)20;/h2*2-10,20H,1H3,(H,21,22,23);/q;;+2/p-2. The van der Waals surface area contributed by atoms with Gasteiger partial charge in [0.15, 0.2) is 0 Å². The first kappa shape index (κ1) is 37.8. The molecule has 6 aromatic rings. The second-order valence-electron chi connectivity index (χ2n) is 10.5. The molecule has 0 aliphatic rings. The van der Waals surface area contributed by atoms with E-state index < -0.39 is 20.2 Å². The van der Waals surface area contributed by atoms with Crippen molar-refractivity contribution in [1.29, 1.82) is 0 Å². The maximum Gasteiger partial charge on any atom is 2.00 e. The number of hydrogen-bond donors (Lipinski definition) is 2. The molecule has 0 radical (unpaired) electrons. The first-order chi connectivity index (χ1) is 22.7. The number of fused-ring (bicyclic) bond motifs is 2. The van der Waals surface area contributed by atoms with Crippen LogP contribution in [0.1, 0.15) is 11.1 Å². The predicted octanol–water partition coefficient (Wildman–Crippen LogP) is 7.68. The number of phenols is 1. The normalized spacial score (nSPS) is 11.8. The minimum Gasteiger partial charge on any atom is -0.871 e. The van der Waals surface area contributed by atoms with Crippen LogP contribution in [0.4, 0.5) is 22.7 Å². The topological polar surface area (TPSA) is 204 Å². The molecular weight excluding hydrogens is 794 g/mol. The molecule has 12 nitrogen and oxygen atoms in total. The van der Waals surface area contributed by atoms with Crippen LogP contribution in [0.2, 0.25) is 0 Å². The number of phenolic OH excluding ortho intramolecular Hbond substituents is 1. The van der Waals surface area contributed by atoms with Crippen molar-refractivity contribution in [2.45, 2.75) is 23.6 Å². The van der Waals surface area contributed by atoms with E-state index in [0.29, 0.717) is 22.2 Å². The Morgan fingerprint density at radius 3 is 1.61 bits per heavy atom. The first-order valence-corrected chi connectivity index (χ1v) is 16.9. The van der Waals surface area contributed by atoms with Crippen molar-refractivity contribution in [1.82, 2.24) is 0 Å². The van der Waals surface area contributed by atoms with Gasteiger partial charge in [0.05, 0.1) is 26.9 Å². The van der Waals surface area contributed by atoms with Crippen LogP contribution in [0.5, 0.6) is 11.5 Å². The van der Waals surface area contributed by atoms with Gasteiger partial charge in [0, 0.05) is 10.8 Å². The summed E-state index contributed by atoms with van der Waals surface area (Å²) in [4.78, 5) is -0.569. The molecule has 49 heavy (non-hydrogen) atoms. The van der Waals surface area contributed by atoms with Crippen LogP contribution in [0.3, 0.4) is 0 Å². The number of hydrogen-bond acceptors (Lipinski definition) is 11. The molecule has 0 aromatic heterocycles. The average Bonchev–Trinajstić information content (AvgIpc) is 3.04. The molecule has 0 unspecified atom stereocenters. The Labute approximate surface area is 322 Å². The van der Waals surface area contributed by atoms with Crippen LogP contribution >= 0.6 is 0 Å². The number of aromatic hydroxyl groups is 1. The van der Waals surface area contributed by atoms with Gasteiger partial charge < -0.3 is 14.8 Å². The third-order valence-electron chi connectivity index (χ3n) is 7.16. The molecule has 244 valence electrons. The fraction of sp³-hybridized carbons (Fsp3) is 0.0588. The fourth-order valence-corrected chi connectivity index (χ4v) is 6.22. The van der Waals surface area contributed by atoms with E-state index in [1.54, 1.807) is 37.3 Å². The second-order valence-corrected chi connectivity index (χ2v) is 13.3. The van der Waals surface area contributed by atoms with Crippen LogP contribution in [-0.4, -0.2) is 79.9 Å². The van der Waals surface area contributed by atoms with Gasteiger partial charge in [0.1, 0.15) is 21.6 Å². The van der Waals surface area contributed by atoms with Crippen molar-refractivity contribution in [2.75, 3.05) is 0 Å². The van der Waals surface area contributed by atoms with E-state index >= 15 is 0 Å². The molecule has 2 N–H and O–H groups in total. The molecule has 6 aromatic carbocycles. The molecule has 0 bridgehead atoms. The molecule has 0 atom stereocenters. The Bertz CT molecular complexity index is 2300. The Hall–Kier alpha value is -3.97. The summed E-state index contributed by atoms with van der Waals surface area (Å²) in [6.07, 6.45) is 0. The predicted molar refractivity (Wildman–Crippen MR) is 183 cm³/mol. The molecule has 0 aliphatic carbocycles. The number of azo groups is 2. The van der Waals surface area contributed by atoms with Gasteiger partial charge in [0.2, 0.25) is 0 Å². The van der Waals surface area contributed by atoms with Gasteiger partial charge in [-0.05, 0) is 66.1 Å². The molecular formula is C34H26BaN4O8S2. The number of benzene rings is 6. The Morgan fingerprint density at radius 1 is 0.592 bits per heavy atom. The van der Waals surface area contributed by atoms with E-state index in [9.17, 15) is 36.2 Å². The minimum absolute atomic E-state index is 0. The van der Waals surface area contributed by atoms with E-state index in [1.807, 2.05) is 36.4 Å². The third kappa shape index (κ3) is 9.18. The average molecular weight is 820 g/mol. The first-order valence-electron chi connectivity index (χ1n) is 14.1. The quantitative estimate of drug-likeness (QED) is 0.0967. The van der Waals surface area contributed by atoms with Gasteiger partial charge in [-0.1, -0.05) is 84.6 Å². The SMILES string of the molecule is Cc1ccc(N=Nc2c(O)ccc3ccccc23)cc1S(=O)(=O)O.Cc1ccc(N=Nc2c([O-])ccc3ccccc23)cc1S(=O)(=O)[O-].[Ba+2]. The van der Waals surface area contributed by atoms with Crippen LogP contribution in [0.15, 0.2) is 139 Å². The van der Waals surface area contributed by atoms with Crippen LogP contribution in [-0.2, 0) is 20.2 Å². The molecule has 0 saturated carbocycles. The Kier molecular flexibility index (Phi) is 12.1. The maximum absolute atomic E-state index is 12.0. The van der Waals surface area contributed by atoms with E-state index in [-0.39, 0.29) is 87.2 Å². The van der Waals surface area contributed by atoms with Crippen molar-refractivity contribution >= 4 is 113 Å². The van der Waals surface area contributed by atoms with Gasteiger partial charge in [-0.15, -0.1) is 5.11 Å². The number of nitrogens with zero attached hydrogens (tertiary/aromatic N) is 4. The summed E-state index contributed by atoms with van der Waals surface area (Å²) in [6.45, 7) is 3.09. The second kappa shape index (κ2) is 15.7. The number of aryl methyl sites for hydroxylation is 2. The molecule has 0 saturated heterocycles. The fourth-order valence-electron chi connectivity index (χ4n) is 4.75. The summed E-state index contributed by atoms with van der Waals surface area (Å²) < 4.78 is 65.6. The van der Waals surface area contributed by atoms with Gasteiger partial charge in [-0.25, -0.2) is 8.42 Å². The molecule has 0 heterocycles. The van der Waals surface area contributed by atoms with Crippen molar-refractivity contribution in [3.63, 3.8) is 0 Å². The Morgan fingerprint density at radius 2 is 1.06 bits per heavy atom. The van der Waals surface area contributed by atoms with E-state index in [4.69, 9.17) is 0 Å². The third-order valence-corrected chi connectivity index (χ3v) is 9.14. The molecule has 6 rings (SSSR count). The van der Waals surface area contributed by atoms with E-state index in [1.165, 1.54) is 43.3 Å². The zero-order valence-electron chi connectivity index (χ0n) is 26.0. The van der Waals surface area contributed by atoms with Gasteiger partial charge in [-0.3, -0.25) is 4.55 Å². The van der Waals surface area contributed by atoms with Crippen molar-refractivity contribution in [3.8, 4) is 11.5 Å². The summed E-state index contributed by atoms with van der Waals surface area (Å²) >= 11 is 0. The molecule has 0 amide bonds. The zero-order valence-corrected chi connectivity index (χ0v) is 32.1. The zero-order chi connectivity index (χ0) is 34.6. The van der Waals surface area contributed by atoms with Gasteiger partial charge in [0.25, 0.3) is 10.1 Å². The minimum atomic E-state index is -4.60. The van der Waals surface area contributed by atoms with Crippen LogP contribution < -0.4 is 5.11 Å². The summed E-state index contributed by atoms with van der Waals surface area (Å²) in [6, 6.07) is 29.5. The largest absolute Gasteiger partial charge is 2.00 e. The maximum atomic E-state index is 12.0. The van der Waals surface area contributed by atoms with Gasteiger partial charge >= 0.3 is 48.9 Å². The van der Waals surface area contributed by atoms with Gasteiger partial charge in [-0.2, -0.15) is 23.8 Å². The molecule has 0 spiro atoms. The number of rotatable bonds is 6. The molecule has 0 fully saturated rings. The van der Waals surface area contributed by atoms with Crippen molar-refractivity contribution < 1.29 is 36.2 Å². The summed E-state index contributed by atoms with van der Waals surface area (Å²) in [5.41, 5.74) is 1.63. The smallest absolute Gasteiger partial charge is 0.871 e. The summed E-state index contributed by atoms with van der Waals surface area (Å²) in [7, 11) is -8.93. The monoisotopic (exact) mass is 820 g/mol. The summed E-state index contributed by atoms with van der Waals surface area (Å²) in [5.74, 6) is -0.319. The van der Waals surface area contributed by atoms with Crippen LogP contribution in [0.25, 0.3) is 21.5 Å². The van der Waals surface area contributed by atoms with Crippen LogP contribution in [0, 0.1) is 13.8 Å². The van der Waals surface area contributed by atoms with E-state index in [2.05, 4.69) is 20.5 Å². The molecule has 15 heteroatoms. The van der Waals surface area contributed by atoms with Crippen molar-refractivity contribution in [3.05, 3.63) is 120 Å². The Balaban J connectivity index is 0.000000216.